The van der Waals surface area contributed by atoms with E-state index in [4.69, 9.17) is 4.98 Å². The third-order valence-electron chi connectivity index (χ3n) is 10.3. The average Bonchev–Trinajstić information content (AvgIpc) is 3.77. The minimum Gasteiger partial charge on any atom is -0.308 e. The number of fused-ring (bicyclic) bond motifs is 12. The minimum atomic E-state index is 1.09. The monoisotopic (exact) mass is 684 g/mol. The molecule has 11 rings (SSSR count). The molecule has 0 N–H and O–H groups in total. The van der Waals surface area contributed by atoms with Gasteiger partial charge in [0.1, 0.15) is 0 Å². The maximum absolute atomic E-state index is 4.81. The van der Waals surface area contributed by atoms with Crippen LogP contribution in [0.5, 0.6) is 0 Å². The Morgan fingerprint density at radius 2 is 0.863 bits per heavy atom. The Balaban J connectivity index is 1.09. The molecule has 51 heavy (non-hydrogen) atoms. The van der Waals surface area contributed by atoms with Crippen LogP contribution in [0.4, 0.5) is 17.1 Å². The molecule has 4 heteroatoms. The number of rotatable bonds is 4. The molecule has 0 saturated carbocycles. The van der Waals surface area contributed by atoms with Gasteiger partial charge in [-0.15, -0.1) is 22.7 Å². The Hall–Kier alpha value is -6.07. The first-order valence-corrected chi connectivity index (χ1v) is 18.8. The Kier molecular flexibility index (Phi) is 6.32. The summed E-state index contributed by atoms with van der Waals surface area (Å²) < 4.78 is 5.10. The summed E-state index contributed by atoms with van der Waals surface area (Å²) in [6, 6.07) is 57.8. The Morgan fingerprint density at radius 1 is 0.353 bits per heavy atom. The summed E-state index contributed by atoms with van der Waals surface area (Å²) in [5.74, 6) is 0. The van der Waals surface area contributed by atoms with Crippen LogP contribution in [-0.2, 0) is 0 Å². The second-order valence-corrected chi connectivity index (χ2v) is 15.3. The predicted octanol–water partition coefficient (Wildman–Crippen LogP) is 14.4. The third-order valence-corrected chi connectivity index (χ3v) is 12.7. The number of hydrogen-bond acceptors (Lipinski definition) is 4. The van der Waals surface area contributed by atoms with Gasteiger partial charge in [0, 0.05) is 53.2 Å². The van der Waals surface area contributed by atoms with Crippen molar-refractivity contribution < 1.29 is 0 Å². The molecule has 0 spiro atoms. The third kappa shape index (κ3) is 4.44. The lowest BCUT2D eigenvalue weighted by molar-refractivity contribution is 1.26. The highest BCUT2D eigenvalue weighted by molar-refractivity contribution is 7.26. The maximum Gasteiger partial charge on any atom is 0.0824 e. The smallest absolute Gasteiger partial charge is 0.0824 e. The van der Waals surface area contributed by atoms with E-state index in [2.05, 4.69) is 163 Å². The molecule has 0 fully saturated rings. The zero-order valence-electron chi connectivity index (χ0n) is 27.4. The van der Waals surface area contributed by atoms with Crippen LogP contribution in [0.1, 0.15) is 0 Å². The second kappa shape index (κ2) is 11.2. The molecule has 0 saturated heterocycles. The van der Waals surface area contributed by atoms with Crippen molar-refractivity contribution in [3.8, 4) is 11.1 Å². The van der Waals surface area contributed by atoms with Gasteiger partial charge in [0.2, 0.25) is 0 Å². The number of thiophene rings is 2. The molecule has 0 amide bonds. The largest absolute Gasteiger partial charge is 0.308 e. The SMILES string of the molecule is c1ccc2c(c1)sc1cc(N(c3ccc(-c4ccc5c6ccccc6c6ccccc6c5c4)cc3)c3cncc4c3sc3ccccc34)ccc12. The van der Waals surface area contributed by atoms with Crippen molar-refractivity contribution in [1.82, 2.24) is 4.98 Å². The van der Waals surface area contributed by atoms with E-state index >= 15 is 0 Å². The number of pyridine rings is 1. The van der Waals surface area contributed by atoms with Crippen LogP contribution in [0.25, 0.3) is 83.8 Å². The van der Waals surface area contributed by atoms with Crippen LogP contribution in [0.2, 0.25) is 0 Å². The van der Waals surface area contributed by atoms with E-state index in [1.165, 1.54) is 83.8 Å². The number of aromatic nitrogens is 1. The van der Waals surface area contributed by atoms with Crippen LogP contribution in [0.3, 0.4) is 0 Å². The number of nitrogens with zero attached hydrogens (tertiary/aromatic N) is 2. The first-order valence-electron chi connectivity index (χ1n) is 17.2. The van der Waals surface area contributed by atoms with E-state index in [1.807, 2.05) is 35.1 Å². The summed E-state index contributed by atoms with van der Waals surface area (Å²) in [6.45, 7) is 0. The van der Waals surface area contributed by atoms with Gasteiger partial charge < -0.3 is 4.90 Å². The van der Waals surface area contributed by atoms with Crippen LogP contribution < -0.4 is 4.90 Å². The van der Waals surface area contributed by atoms with Crippen molar-refractivity contribution in [2.24, 2.45) is 0 Å². The van der Waals surface area contributed by atoms with E-state index in [9.17, 15) is 0 Å². The van der Waals surface area contributed by atoms with E-state index in [1.54, 1.807) is 0 Å². The fourth-order valence-electron chi connectivity index (χ4n) is 7.96. The van der Waals surface area contributed by atoms with Gasteiger partial charge in [-0.3, -0.25) is 4.98 Å². The molecule has 3 aromatic heterocycles. The normalized spacial score (nSPS) is 11.9. The highest BCUT2D eigenvalue weighted by atomic mass is 32.1. The second-order valence-electron chi connectivity index (χ2n) is 13.1. The minimum absolute atomic E-state index is 1.09. The fourth-order valence-corrected chi connectivity index (χ4v) is 10.3. The van der Waals surface area contributed by atoms with Crippen LogP contribution >= 0.6 is 22.7 Å². The highest BCUT2D eigenvalue weighted by Crippen LogP contribution is 2.46. The van der Waals surface area contributed by atoms with Gasteiger partial charge in [-0.1, -0.05) is 115 Å². The summed E-state index contributed by atoms with van der Waals surface area (Å²) in [5, 5.41) is 12.8. The Bertz CT molecular complexity index is 3120. The number of anilines is 3. The van der Waals surface area contributed by atoms with Crippen LogP contribution in [0.15, 0.2) is 170 Å². The van der Waals surface area contributed by atoms with Crippen LogP contribution in [0, 0.1) is 0 Å². The molecule has 0 aliphatic rings. The molecule has 0 atom stereocenters. The Labute approximate surface area is 302 Å². The highest BCUT2D eigenvalue weighted by Gasteiger charge is 2.20. The van der Waals surface area contributed by atoms with Gasteiger partial charge in [-0.05, 0) is 85.9 Å². The van der Waals surface area contributed by atoms with Crippen molar-refractivity contribution in [1.29, 1.82) is 0 Å². The summed E-state index contributed by atoms with van der Waals surface area (Å²) in [7, 11) is 0. The molecule has 8 aromatic carbocycles. The zero-order chi connectivity index (χ0) is 33.5. The first-order chi connectivity index (χ1) is 25.3. The summed E-state index contributed by atoms with van der Waals surface area (Å²) in [6.07, 6.45) is 4.04. The van der Waals surface area contributed by atoms with Crippen molar-refractivity contribution in [2.75, 3.05) is 4.90 Å². The van der Waals surface area contributed by atoms with Gasteiger partial charge in [0.25, 0.3) is 0 Å². The standard InChI is InChI=1S/C47H28N2S2/c1-2-11-35-33(9-1)34-10-3-4-12-36(34)41-25-30(19-23-37(35)41)29-17-20-31(21-18-29)49(32-22-24-40-38-13-5-7-15-44(38)50-46(40)26-32)43-28-48-27-42-39-14-6-8-16-45(39)51-47(42)43/h1-28H. The summed E-state index contributed by atoms with van der Waals surface area (Å²) >= 11 is 3.69. The van der Waals surface area contributed by atoms with Gasteiger partial charge in [-0.2, -0.15) is 0 Å². The summed E-state index contributed by atoms with van der Waals surface area (Å²) in [5.41, 5.74) is 5.71. The number of benzene rings is 8. The summed E-state index contributed by atoms with van der Waals surface area (Å²) in [4.78, 5) is 7.20. The quantitative estimate of drug-likeness (QED) is 0.172. The molecule has 11 aromatic rings. The molecule has 238 valence electrons. The van der Waals surface area contributed by atoms with Gasteiger partial charge in [0.05, 0.1) is 16.6 Å². The van der Waals surface area contributed by atoms with E-state index in [0.717, 1.165) is 17.1 Å². The van der Waals surface area contributed by atoms with E-state index < -0.39 is 0 Å². The van der Waals surface area contributed by atoms with Crippen molar-refractivity contribution in [3.63, 3.8) is 0 Å². The number of hydrogen-bond donors (Lipinski definition) is 0. The van der Waals surface area contributed by atoms with E-state index in [0.29, 0.717) is 0 Å². The molecule has 0 unspecified atom stereocenters. The molecular weight excluding hydrogens is 657 g/mol. The van der Waals surface area contributed by atoms with E-state index in [-0.39, 0.29) is 0 Å². The lowest BCUT2D eigenvalue weighted by atomic mass is 9.92. The molecule has 0 aliphatic carbocycles. The van der Waals surface area contributed by atoms with Gasteiger partial charge >= 0.3 is 0 Å². The molecule has 0 radical (unpaired) electrons. The Morgan fingerprint density at radius 3 is 1.57 bits per heavy atom. The molecule has 0 aliphatic heterocycles. The maximum atomic E-state index is 4.81. The molecule has 2 nitrogen and oxygen atoms in total. The topological polar surface area (TPSA) is 16.1 Å². The lowest BCUT2D eigenvalue weighted by Gasteiger charge is -2.26. The average molecular weight is 685 g/mol. The van der Waals surface area contributed by atoms with Crippen molar-refractivity contribution in [3.05, 3.63) is 170 Å². The van der Waals surface area contributed by atoms with Gasteiger partial charge in [-0.25, -0.2) is 0 Å². The van der Waals surface area contributed by atoms with Gasteiger partial charge in [0.15, 0.2) is 0 Å². The van der Waals surface area contributed by atoms with Crippen molar-refractivity contribution in [2.45, 2.75) is 0 Å². The molecular formula is C47H28N2S2. The zero-order valence-corrected chi connectivity index (χ0v) is 29.0. The predicted molar refractivity (Wildman–Crippen MR) is 223 cm³/mol. The lowest BCUT2D eigenvalue weighted by Crippen LogP contribution is -2.10. The van der Waals surface area contributed by atoms with Crippen molar-refractivity contribution >= 4 is 112 Å². The first kappa shape index (κ1) is 28.7. The molecule has 0 bridgehead atoms. The fraction of sp³-hybridized carbons (Fsp3) is 0. The molecule has 3 heterocycles. The van der Waals surface area contributed by atoms with Crippen LogP contribution in [-0.4, -0.2) is 4.98 Å².